The molecule has 1 rings (SSSR count). The van der Waals surface area contributed by atoms with Gasteiger partial charge in [0.15, 0.2) is 0 Å². The molecule has 1 nitrogen and oxygen atoms in total. The lowest BCUT2D eigenvalue weighted by Gasteiger charge is -2.24. The molecule has 70 valence electrons. The molecule has 0 radical (unpaired) electrons. The summed E-state index contributed by atoms with van der Waals surface area (Å²) >= 11 is 5.72. The van der Waals surface area contributed by atoms with E-state index in [1.54, 1.807) is 6.08 Å². The van der Waals surface area contributed by atoms with Crippen LogP contribution in [0, 0.1) is 0 Å². The number of hydrogen-bond acceptors (Lipinski definition) is 1. The quantitative estimate of drug-likeness (QED) is 0.580. The lowest BCUT2D eigenvalue weighted by atomic mass is 9.92. The van der Waals surface area contributed by atoms with Gasteiger partial charge in [-0.3, -0.25) is 0 Å². The average Bonchev–Trinajstić information content (AvgIpc) is 2.19. The zero-order valence-corrected chi connectivity index (χ0v) is 8.17. The van der Waals surface area contributed by atoms with Gasteiger partial charge in [0.1, 0.15) is 5.60 Å². The Morgan fingerprint density at radius 3 is 2.46 bits per heavy atom. The Morgan fingerprint density at radius 1 is 1.38 bits per heavy atom. The second-order valence-electron chi connectivity index (χ2n) is 3.02. The molecule has 0 aliphatic heterocycles. The van der Waals surface area contributed by atoms with Crippen molar-refractivity contribution in [3.05, 3.63) is 48.6 Å². The second-order valence-corrected chi connectivity index (χ2v) is 3.29. The third kappa shape index (κ3) is 2.33. The third-order valence-corrected chi connectivity index (χ3v) is 2.46. The van der Waals surface area contributed by atoms with E-state index >= 15 is 0 Å². The molecule has 1 N–H and O–H groups in total. The van der Waals surface area contributed by atoms with Gasteiger partial charge in [-0.05, 0) is 12.0 Å². The smallest absolute Gasteiger partial charge is 0.106 e. The fourth-order valence-corrected chi connectivity index (χ4v) is 1.50. The first kappa shape index (κ1) is 10.3. The van der Waals surface area contributed by atoms with E-state index in [1.807, 2.05) is 30.3 Å². The Kier molecular flexibility index (Phi) is 3.52. The summed E-state index contributed by atoms with van der Waals surface area (Å²) in [6.45, 7) is 3.60. The van der Waals surface area contributed by atoms with Crippen LogP contribution in [0.4, 0.5) is 0 Å². The van der Waals surface area contributed by atoms with Crippen molar-refractivity contribution >= 4 is 11.6 Å². The molecule has 0 bridgehead atoms. The zero-order chi connectivity index (χ0) is 9.73. The predicted octanol–water partition coefficient (Wildman–Crippen LogP) is 2.69. The lowest BCUT2D eigenvalue weighted by molar-refractivity contribution is 0.0645. The minimum absolute atomic E-state index is 0.184. The van der Waals surface area contributed by atoms with E-state index in [9.17, 15) is 5.11 Å². The first-order valence-electron chi connectivity index (χ1n) is 4.18. The van der Waals surface area contributed by atoms with E-state index in [0.717, 1.165) is 5.56 Å². The largest absolute Gasteiger partial charge is 0.384 e. The van der Waals surface area contributed by atoms with Gasteiger partial charge in [0, 0.05) is 0 Å². The van der Waals surface area contributed by atoms with Gasteiger partial charge in [-0.15, -0.1) is 18.2 Å². The summed E-state index contributed by atoms with van der Waals surface area (Å²) in [7, 11) is 0. The highest BCUT2D eigenvalue weighted by Crippen LogP contribution is 2.26. The van der Waals surface area contributed by atoms with E-state index in [2.05, 4.69) is 6.58 Å². The van der Waals surface area contributed by atoms with Gasteiger partial charge in [0.25, 0.3) is 0 Å². The fourth-order valence-electron chi connectivity index (χ4n) is 1.24. The molecule has 13 heavy (non-hydrogen) atoms. The van der Waals surface area contributed by atoms with Gasteiger partial charge in [0.05, 0.1) is 5.88 Å². The Labute approximate surface area is 83.7 Å². The van der Waals surface area contributed by atoms with Crippen LogP contribution in [-0.4, -0.2) is 11.0 Å². The van der Waals surface area contributed by atoms with Crippen molar-refractivity contribution in [3.63, 3.8) is 0 Å². The van der Waals surface area contributed by atoms with E-state index in [0.29, 0.717) is 6.42 Å². The van der Waals surface area contributed by atoms with Crippen LogP contribution in [0.5, 0.6) is 0 Å². The van der Waals surface area contributed by atoms with Gasteiger partial charge in [-0.2, -0.15) is 0 Å². The molecule has 0 unspecified atom stereocenters. The summed E-state index contributed by atoms with van der Waals surface area (Å²) in [6, 6.07) is 9.41. The molecule has 0 heterocycles. The number of benzene rings is 1. The van der Waals surface area contributed by atoms with Gasteiger partial charge in [-0.25, -0.2) is 0 Å². The summed E-state index contributed by atoms with van der Waals surface area (Å²) in [5.74, 6) is 0.184. The van der Waals surface area contributed by atoms with E-state index in [-0.39, 0.29) is 5.88 Å². The topological polar surface area (TPSA) is 20.2 Å². The number of hydrogen-bond donors (Lipinski definition) is 1. The van der Waals surface area contributed by atoms with Crippen LogP contribution in [0.25, 0.3) is 0 Å². The maximum atomic E-state index is 10.1. The van der Waals surface area contributed by atoms with Crippen LogP contribution in [0.3, 0.4) is 0 Å². The SMILES string of the molecule is C=CC[C@@](O)(CCl)c1ccccc1. The van der Waals surface area contributed by atoms with Crippen LogP contribution < -0.4 is 0 Å². The first-order chi connectivity index (χ1) is 6.23. The molecule has 0 spiro atoms. The highest BCUT2D eigenvalue weighted by Gasteiger charge is 2.25. The van der Waals surface area contributed by atoms with Crippen molar-refractivity contribution in [1.82, 2.24) is 0 Å². The van der Waals surface area contributed by atoms with Crippen molar-refractivity contribution < 1.29 is 5.11 Å². The Bertz CT molecular complexity index is 271. The Morgan fingerprint density at radius 2 is 2.00 bits per heavy atom. The maximum absolute atomic E-state index is 10.1. The monoisotopic (exact) mass is 196 g/mol. The molecule has 1 aromatic carbocycles. The van der Waals surface area contributed by atoms with Gasteiger partial charge < -0.3 is 5.11 Å². The van der Waals surface area contributed by atoms with Gasteiger partial charge in [0.2, 0.25) is 0 Å². The molecular formula is C11H13ClO. The number of alkyl halides is 1. The van der Waals surface area contributed by atoms with E-state index in [1.165, 1.54) is 0 Å². The minimum Gasteiger partial charge on any atom is -0.384 e. The molecule has 1 aromatic rings. The third-order valence-electron chi connectivity index (χ3n) is 2.01. The molecular weight excluding hydrogens is 184 g/mol. The molecule has 2 heteroatoms. The van der Waals surface area contributed by atoms with Crippen LogP contribution in [0.15, 0.2) is 43.0 Å². The van der Waals surface area contributed by atoms with Crippen molar-refractivity contribution in [2.24, 2.45) is 0 Å². The summed E-state index contributed by atoms with van der Waals surface area (Å²) in [5, 5.41) is 10.1. The standard InChI is InChI=1S/C11H13ClO/c1-2-8-11(13,9-12)10-6-4-3-5-7-10/h2-7,13H,1,8-9H2/t11-/m1/s1. The molecule has 1 atom stereocenters. The van der Waals surface area contributed by atoms with Crippen LogP contribution >= 0.6 is 11.6 Å². The van der Waals surface area contributed by atoms with Gasteiger partial charge in [-0.1, -0.05) is 36.4 Å². The van der Waals surface area contributed by atoms with Crippen molar-refractivity contribution in [2.75, 3.05) is 5.88 Å². The lowest BCUT2D eigenvalue weighted by Crippen LogP contribution is -2.26. The molecule has 0 fully saturated rings. The molecule has 0 amide bonds. The van der Waals surface area contributed by atoms with E-state index in [4.69, 9.17) is 11.6 Å². The summed E-state index contributed by atoms with van der Waals surface area (Å²) in [4.78, 5) is 0. The first-order valence-corrected chi connectivity index (χ1v) is 4.71. The number of aliphatic hydroxyl groups is 1. The summed E-state index contributed by atoms with van der Waals surface area (Å²) in [6.07, 6.45) is 2.15. The molecule has 0 saturated carbocycles. The second kappa shape index (κ2) is 4.45. The molecule has 0 aromatic heterocycles. The summed E-state index contributed by atoms with van der Waals surface area (Å²) < 4.78 is 0. The average molecular weight is 197 g/mol. The molecule has 0 aliphatic carbocycles. The molecule has 0 aliphatic rings. The highest BCUT2D eigenvalue weighted by molar-refractivity contribution is 6.18. The Hall–Kier alpha value is -0.790. The van der Waals surface area contributed by atoms with Crippen molar-refractivity contribution in [2.45, 2.75) is 12.0 Å². The summed E-state index contributed by atoms with van der Waals surface area (Å²) in [5.41, 5.74) is -0.130. The predicted molar refractivity (Wildman–Crippen MR) is 55.9 cm³/mol. The fraction of sp³-hybridized carbons (Fsp3) is 0.273. The maximum Gasteiger partial charge on any atom is 0.106 e. The Balaban J connectivity index is 2.95. The molecule has 0 saturated heterocycles. The van der Waals surface area contributed by atoms with Crippen LogP contribution in [-0.2, 0) is 5.60 Å². The van der Waals surface area contributed by atoms with Gasteiger partial charge >= 0.3 is 0 Å². The number of halogens is 1. The highest BCUT2D eigenvalue weighted by atomic mass is 35.5. The van der Waals surface area contributed by atoms with Crippen molar-refractivity contribution in [3.8, 4) is 0 Å². The normalized spacial score (nSPS) is 14.9. The number of rotatable bonds is 4. The van der Waals surface area contributed by atoms with Crippen molar-refractivity contribution in [1.29, 1.82) is 0 Å². The van der Waals surface area contributed by atoms with Crippen LogP contribution in [0.1, 0.15) is 12.0 Å². The zero-order valence-electron chi connectivity index (χ0n) is 7.41. The van der Waals surface area contributed by atoms with E-state index < -0.39 is 5.60 Å². The minimum atomic E-state index is -0.968. The van der Waals surface area contributed by atoms with Crippen LogP contribution in [0.2, 0.25) is 0 Å².